The highest BCUT2D eigenvalue weighted by molar-refractivity contribution is 6.01. The van der Waals surface area contributed by atoms with Crippen LogP contribution in [-0.2, 0) is 47.9 Å². The van der Waals surface area contributed by atoms with Gasteiger partial charge in [-0.05, 0) is 60.8 Å². The van der Waals surface area contributed by atoms with E-state index in [1.807, 2.05) is 0 Å². The first-order valence-corrected chi connectivity index (χ1v) is 19.0. The highest BCUT2D eigenvalue weighted by Crippen LogP contribution is 2.17. The first-order chi connectivity index (χ1) is 23.9. The molecular formula is C38H65N3O10. The van der Waals surface area contributed by atoms with Crippen LogP contribution in [0, 0.1) is 0 Å². The Balaban J connectivity index is 2.64. The van der Waals surface area contributed by atoms with E-state index < -0.39 is 65.3 Å². The summed E-state index contributed by atoms with van der Waals surface area (Å²) in [5, 5.41) is 5.68. The number of nitrogens with zero attached hydrogens (tertiary/aromatic N) is 1. The van der Waals surface area contributed by atoms with E-state index >= 15 is 0 Å². The molecule has 1 aliphatic heterocycles. The van der Waals surface area contributed by atoms with E-state index in [1.165, 1.54) is 57.8 Å². The van der Waals surface area contributed by atoms with Crippen LogP contribution in [0.25, 0.3) is 0 Å². The topological polar surface area (TPSA) is 174 Å². The summed E-state index contributed by atoms with van der Waals surface area (Å²) in [7, 11) is 0. The van der Waals surface area contributed by atoms with E-state index in [4.69, 9.17) is 14.3 Å². The van der Waals surface area contributed by atoms with Crippen molar-refractivity contribution in [2.24, 2.45) is 0 Å². The van der Waals surface area contributed by atoms with Crippen LogP contribution in [0.2, 0.25) is 0 Å². The van der Waals surface area contributed by atoms with Crippen molar-refractivity contribution >= 4 is 41.5 Å². The number of esters is 2. The predicted molar refractivity (Wildman–Crippen MR) is 192 cm³/mol. The van der Waals surface area contributed by atoms with E-state index in [9.17, 15) is 33.6 Å². The molecule has 1 heterocycles. The maximum absolute atomic E-state index is 13.0. The third-order valence-corrected chi connectivity index (χ3v) is 8.06. The molecule has 13 heteroatoms. The van der Waals surface area contributed by atoms with Crippen LogP contribution in [0.3, 0.4) is 0 Å². The number of carbonyl (C=O) groups excluding carboxylic acids is 7. The monoisotopic (exact) mass is 723 g/mol. The summed E-state index contributed by atoms with van der Waals surface area (Å²) in [5.74, 6) is -4.61. The number of unbranched alkanes of at least 4 members (excludes halogenated alkanes) is 12. The molecule has 1 saturated heterocycles. The molecule has 2 N–H and O–H groups in total. The van der Waals surface area contributed by atoms with Crippen LogP contribution in [0.5, 0.6) is 0 Å². The number of hydrogen-bond donors (Lipinski definition) is 2. The van der Waals surface area contributed by atoms with Crippen LogP contribution in [0.1, 0.15) is 177 Å². The Morgan fingerprint density at radius 3 is 1.37 bits per heavy atom. The fourth-order valence-corrected chi connectivity index (χ4v) is 5.42. The molecule has 0 aromatic carbocycles. The van der Waals surface area contributed by atoms with E-state index in [1.54, 1.807) is 41.5 Å². The van der Waals surface area contributed by atoms with Gasteiger partial charge in [0.15, 0.2) is 0 Å². The second kappa shape index (κ2) is 23.9. The van der Waals surface area contributed by atoms with Crippen molar-refractivity contribution in [3.63, 3.8) is 0 Å². The highest BCUT2D eigenvalue weighted by atomic mass is 16.7. The Morgan fingerprint density at radius 1 is 0.588 bits per heavy atom. The van der Waals surface area contributed by atoms with Gasteiger partial charge in [-0.15, -0.1) is 5.06 Å². The first-order valence-electron chi connectivity index (χ1n) is 19.0. The number of ether oxygens (including phenoxy) is 2. The zero-order valence-corrected chi connectivity index (χ0v) is 32.3. The number of imide groups is 1. The Hall–Kier alpha value is -3.51. The molecule has 2 atom stereocenters. The zero-order valence-electron chi connectivity index (χ0n) is 32.3. The van der Waals surface area contributed by atoms with Crippen molar-refractivity contribution in [2.75, 3.05) is 0 Å². The second-order valence-electron chi connectivity index (χ2n) is 15.4. The minimum atomic E-state index is -1.26. The summed E-state index contributed by atoms with van der Waals surface area (Å²) in [6.45, 7) is 12.3. The molecule has 0 aromatic rings. The molecule has 0 spiro atoms. The van der Waals surface area contributed by atoms with Gasteiger partial charge >= 0.3 is 17.9 Å². The largest absolute Gasteiger partial charge is 0.458 e. The molecule has 0 bridgehead atoms. The number of hydrogen-bond acceptors (Lipinski definition) is 10. The summed E-state index contributed by atoms with van der Waals surface area (Å²) in [4.78, 5) is 92.6. The fraction of sp³-hybridized carbons (Fsp3) is 0.816. The van der Waals surface area contributed by atoms with Crippen LogP contribution in [-0.4, -0.2) is 69.9 Å². The molecule has 1 rings (SSSR count). The van der Waals surface area contributed by atoms with Gasteiger partial charge in [0.2, 0.25) is 11.8 Å². The minimum absolute atomic E-state index is 0.0626. The standard InChI is InChI=1S/C38H65N3O10/c1-8-9-10-11-12-13-14-15-16-17-18-19-20-21-30(42)39-28(35(47)49-37(2,3)4)22-24-31(43)40-29(36(48)50-38(5,6)7)23-27-34(46)51-41-32(44)25-26-33(41)45/h28-29H,8-27H2,1-7H3,(H,39,42)(H,40,43)/t28-,29-/m0/s1. The summed E-state index contributed by atoms with van der Waals surface area (Å²) in [6, 6.07) is -2.35. The SMILES string of the molecule is CCCCCCCCCCCCCCCC(=O)N[C@@H](CCC(=O)N[C@@H](CCC(=O)ON1C(=O)CCC1=O)C(=O)OC(C)(C)C)C(=O)OC(C)(C)C. The number of rotatable bonds is 25. The average molecular weight is 724 g/mol. The Labute approximate surface area is 305 Å². The van der Waals surface area contributed by atoms with Gasteiger partial charge in [-0.3, -0.25) is 19.2 Å². The Kier molecular flexibility index (Phi) is 21.3. The van der Waals surface area contributed by atoms with E-state index in [0.717, 1.165) is 19.3 Å². The normalized spacial score (nSPS) is 14.5. The highest BCUT2D eigenvalue weighted by Gasteiger charge is 2.34. The summed E-state index contributed by atoms with van der Waals surface area (Å²) < 4.78 is 10.9. The van der Waals surface area contributed by atoms with E-state index in [2.05, 4.69) is 17.6 Å². The van der Waals surface area contributed by atoms with Crippen molar-refractivity contribution in [1.82, 2.24) is 15.7 Å². The molecule has 0 saturated carbocycles. The third kappa shape index (κ3) is 22.1. The van der Waals surface area contributed by atoms with Crippen molar-refractivity contribution < 1.29 is 47.9 Å². The summed E-state index contributed by atoms with van der Waals surface area (Å²) >= 11 is 0. The molecule has 0 unspecified atom stereocenters. The van der Waals surface area contributed by atoms with Crippen LogP contribution < -0.4 is 10.6 Å². The second-order valence-corrected chi connectivity index (χ2v) is 15.4. The number of nitrogens with one attached hydrogen (secondary N) is 2. The Bertz CT molecular complexity index is 1130. The van der Waals surface area contributed by atoms with Gasteiger partial charge in [0.1, 0.15) is 23.3 Å². The van der Waals surface area contributed by atoms with Gasteiger partial charge < -0.3 is 24.9 Å². The molecular weight excluding hydrogens is 658 g/mol. The van der Waals surface area contributed by atoms with Gasteiger partial charge in [0.05, 0.1) is 6.42 Å². The molecule has 292 valence electrons. The van der Waals surface area contributed by atoms with Gasteiger partial charge in [0.25, 0.3) is 11.8 Å². The van der Waals surface area contributed by atoms with Crippen molar-refractivity contribution in [1.29, 1.82) is 0 Å². The molecule has 0 radical (unpaired) electrons. The van der Waals surface area contributed by atoms with Crippen molar-refractivity contribution in [3.05, 3.63) is 0 Å². The maximum Gasteiger partial charge on any atom is 0.333 e. The molecule has 0 aromatic heterocycles. The predicted octanol–water partition coefficient (Wildman–Crippen LogP) is 6.29. The lowest BCUT2D eigenvalue weighted by molar-refractivity contribution is -0.197. The van der Waals surface area contributed by atoms with Gasteiger partial charge in [0, 0.05) is 25.7 Å². The summed E-state index contributed by atoms with van der Waals surface area (Å²) in [5.41, 5.74) is -1.72. The maximum atomic E-state index is 13.0. The molecule has 13 nitrogen and oxygen atoms in total. The van der Waals surface area contributed by atoms with Crippen LogP contribution in [0.15, 0.2) is 0 Å². The lowest BCUT2D eigenvalue weighted by Crippen LogP contribution is -2.47. The van der Waals surface area contributed by atoms with E-state index in [0.29, 0.717) is 11.5 Å². The fourth-order valence-electron chi connectivity index (χ4n) is 5.42. The third-order valence-electron chi connectivity index (χ3n) is 8.06. The average Bonchev–Trinajstić information content (AvgIpc) is 3.33. The first kappa shape index (κ1) is 45.5. The smallest absolute Gasteiger partial charge is 0.333 e. The molecule has 4 amide bonds. The lowest BCUT2D eigenvalue weighted by atomic mass is 10.0. The van der Waals surface area contributed by atoms with Gasteiger partial charge in [-0.25, -0.2) is 14.4 Å². The van der Waals surface area contributed by atoms with Crippen molar-refractivity contribution in [2.45, 2.75) is 200 Å². The molecule has 51 heavy (non-hydrogen) atoms. The number of amides is 4. The summed E-state index contributed by atoms with van der Waals surface area (Å²) in [6.07, 6.45) is 14.5. The zero-order chi connectivity index (χ0) is 38.5. The number of hydroxylamine groups is 2. The van der Waals surface area contributed by atoms with Crippen LogP contribution in [0.4, 0.5) is 0 Å². The number of carbonyl (C=O) groups is 7. The van der Waals surface area contributed by atoms with E-state index in [-0.39, 0.29) is 44.4 Å². The minimum Gasteiger partial charge on any atom is -0.458 e. The quantitative estimate of drug-likeness (QED) is 0.0619. The molecule has 1 fully saturated rings. The Morgan fingerprint density at radius 2 is 0.961 bits per heavy atom. The lowest BCUT2D eigenvalue weighted by Gasteiger charge is -2.26. The van der Waals surface area contributed by atoms with Crippen molar-refractivity contribution in [3.8, 4) is 0 Å². The van der Waals surface area contributed by atoms with Gasteiger partial charge in [-0.2, -0.15) is 0 Å². The van der Waals surface area contributed by atoms with Crippen LogP contribution >= 0.6 is 0 Å². The molecule has 1 aliphatic rings. The molecule has 0 aliphatic carbocycles. The van der Waals surface area contributed by atoms with Gasteiger partial charge in [-0.1, -0.05) is 84.0 Å².